The van der Waals surface area contributed by atoms with Crippen LogP contribution in [0, 0.1) is 0 Å². The predicted molar refractivity (Wildman–Crippen MR) is 69.1 cm³/mol. The Morgan fingerprint density at radius 2 is 2.29 bits per heavy atom. The molecule has 0 saturated heterocycles. The number of hydrogen-bond donors (Lipinski definition) is 0. The lowest BCUT2D eigenvalue weighted by molar-refractivity contribution is 0.112. The lowest BCUT2D eigenvalue weighted by Crippen LogP contribution is -2.30. The standard InChI is InChI=1S/C13H16ClNO2/c1-17-8-7-15(10-5-6-10)13-4-2-3-12(14)11(13)9-16/h2-4,9-10H,5-8H2,1H3. The molecule has 1 aromatic rings. The van der Waals surface area contributed by atoms with Crippen LogP contribution in [0.2, 0.25) is 5.02 Å². The zero-order valence-electron chi connectivity index (χ0n) is 9.86. The maximum absolute atomic E-state index is 11.1. The van der Waals surface area contributed by atoms with Crippen molar-refractivity contribution in [2.45, 2.75) is 18.9 Å². The van der Waals surface area contributed by atoms with Crippen molar-refractivity contribution in [1.82, 2.24) is 0 Å². The van der Waals surface area contributed by atoms with E-state index in [0.29, 0.717) is 23.2 Å². The molecule has 0 spiro atoms. The molecule has 17 heavy (non-hydrogen) atoms. The van der Waals surface area contributed by atoms with E-state index in [-0.39, 0.29) is 0 Å². The molecule has 1 saturated carbocycles. The number of ether oxygens (including phenoxy) is 1. The van der Waals surface area contributed by atoms with Gasteiger partial charge in [0, 0.05) is 25.4 Å². The van der Waals surface area contributed by atoms with Crippen LogP contribution in [0.5, 0.6) is 0 Å². The molecule has 1 aliphatic carbocycles. The van der Waals surface area contributed by atoms with Crippen molar-refractivity contribution in [3.05, 3.63) is 28.8 Å². The van der Waals surface area contributed by atoms with Crippen molar-refractivity contribution in [1.29, 1.82) is 0 Å². The molecule has 0 bridgehead atoms. The van der Waals surface area contributed by atoms with E-state index >= 15 is 0 Å². The molecule has 1 aromatic carbocycles. The molecule has 0 N–H and O–H groups in total. The van der Waals surface area contributed by atoms with Gasteiger partial charge < -0.3 is 9.64 Å². The van der Waals surface area contributed by atoms with Gasteiger partial charge in [0.15, 0.2) is 6.29 Å². The SMILES string of the molecule is COCCN(c1cccc(Cl)c1C=O)C1CC1. The minimum absolute atomic E-state index is 0.514. The zero-order chi connectivity index (χ0) is 12.3. The second-order valence-corrected chi connectivity index (χ2v) is 4.62. The summed E-state index contributed by atoms with van der Waals surface area (Å²) in [6, 6.07) is 6.11. The highest BCUT2D eigenvalue weighted by molar-refractivity contribution is 6.33. The summed E-state index contributed by atoms with van der Waals surface area (Å²) in [7, 11) is 1.68. The van der Waals surface area contributed by atoms with Crippen molar-refractivity contribution < 1.29 is 9.53 Å². The van der Waals surface area contributed by atoms with E-state index in [2.05, 4.69) is 4.90 Å². The smallest absolute Gasteiger partial charge is 0.153 e. The summed E-state index contributed by atoms with van der Waals surface area (Å²) in [6.45, 7) is 1.45. The van der Waals surface area contributed by atoms with E-state index in [9.17, 15) is 4.79 Å². The second-order valence-electron chi connectivity index (χ2n) is 4.21. The number of benzene rings is 1. The van der Waals surface area contributed by atoms with Crippen LogP contribution in [0.25, 0.3) is 0 Å². The zero-order valence-corrected chi connectivity index (χ0v) is 10.6. The molecule has 1 fully saturated rings. The summed E-state index contributed by atoms with van der Waals surface area (Å²) in [5.74, 6) is 0. The highest BCUT2D eigenvalue weighted by atomic mass is 35.5. The van der Waals surface area contributed by atoms with Crippen LogP contribution >= 0.6 is 11.6 Å². The first kappa shape index (κ1) is 12.4. The van der Waals surface area contributed by atoms with Gasteiger partial charge in [-0.25, -0.2) is 0 Å². The van der Waals surface area contributed by atoms with Crippen LogP contribution in [0.15, 0.2) is 18.2 Å². The average molecular weight is 254 g/mol. The van der Waals surface area contributed by atoms with E-state index in [1.165, 1.54) is 12.8 Å². The normalized spacial score (nSPS) is 14.7. The Hall–Kier alpha value is -1.06. The number of nitrogens with zero attached hydrogens (tertiary/aromatic N) is 1. The lowest BCUT2D eigenvalue weighted by atomic mass is 10.1. The van der Waals surface area contributed by atoms with Crippen LogP contribution < -0.4 is 4.90 Å². The van der Waals surface area contributed by atoms with Gasteiger partial charge in [-0.15, -0.1) is 0 Å². The molecule has 1 aliphatic rings. The summed E-state index contributed by atoms with van der Waals surface area (Å²) in [6.07, 6.45) is 3.18. The first-order chi connectivity index (χ1) is 8.27. The molecule has 0 aliphatic heterocycles. The summed E-state index contributed by atoms with van der Waals surface area (Å²) >= 11 is 6.04. The molecule has 0 amide bonds. The Bertz CT molecular complexity index is 404. The predicted octanol–water partition coefficient (Wildman–Crippen LogP) is 2.77. The third-order valence-corrected chi connectivity index (χ3v) is 3.31. The van der Waals surface area contributed by atoms with Gasteiger partial charge in [0.2, 0.25) is 0 Å². The molecular formula is C13H16ClNO2. The molecule has 0 unspecified atom stereocenters. The maximum Gasteiger partial charge on any atom is 0.153 e. The van der Waals surface area contributed by atoms with Gasteiger partial charge in [-0.05, 0) is 25.0 Å². The van der Waals surface area contributed by atoms with Crippen LogP contribution in [-0.2, 0) is 4.74 Å². The fourth-order valence-corrected chi connectivity index (χ4v) is 2.18. The minimum Gasteiger partial charge on any atom is -0.383 e. The Balaban J connectivity index is 2.28. The molecule has 0 aromatic heterocycles. The molecule has 0 atom stereocenters. The van der Waals surface area contributed by atoms with Gasteiger partial charge in [0.25, 0.3) is 0 Å². The highest BCUT2D eigenvalue weighted by Gasteiger charge is 2.30. The van der Waals surface area contributed by atoms with E-state index in [0.717, 1.165) is 18.5 Å². The quantitative estimate of drug-likeness (QED) is 0.730. The minimum atomic E-state index is 0.514. The number of methoxy groups -OCH3 is 1. The van der Waals surface area contributed by atoms with Crippen molar-refractivity contribution >= 4 is 23.6 Å². The van der Waals surface area contributed by atoms with Crippen LogP contribution in [-0.4, -0.2) is 32.6 Å². The molecule has 0 heterocycles. The third kappa shape index (κ3) is 2.79. The molecule has 92 valence electrons. The summed E-state index contributed by atoms with van der Waals surface area (Å²) in [5.41, 5.74) is 1.50. The van der Waals surface area contributed by atoms with Crippen LogP contribution in [0.1, 0.15) is 23.2 Å². The van der Waals surface area contributed by atoms with E-state index in [1.807, 2.05) is 12.1 Å². The molecule has 2 rings (SSSR count). The van der Waals surface area contributed by atoms with Gasteiger partial charge >= 0.3 is 0 Å². The van der Waals surface area contributed by atoms with Crippen molar-refractivity contribution in [2.75, 3.05) is 25.2 Å². The topological polar surface area (TPSA) is 29.5 Å². The Labute approximate surface area is 106 Å². The van der Waals surface area contributed by atoms with Crippen LogP contribution in [0.4, 0.5) is 5.69 Å². The van der Waals surface area contributed by atoms with E-state index < -0.39 is 0 Å². The summed E-state index contributed by atoms with van der Waals surface area (Å²) < 4.78 is 5.11. The van der Waals surface area contributed by atoms with E-state index in [1.54, 1.807) is 13.2 Å². The van der Waals surface area contributed by atoms with Crippen molar-refractivity contribution in [3.8, 4) is 0 Å². The number of hydrogen-bond acceptors (Lipinski definition) is 3. The van der Waals surface area contributed by atoms with Gasteiger partial charge in [0.05, 0.1) is 17.2 Å². The number of anilines is 1. The number of aldehydes is 1. The Morgan fingerprint density at radius 3 is 2.88 bits per heavy atom. The Morgan fingerprint density at radius 1 is 1.53 bits per heavy atom. The number of carbonyl (C=O) groups excluding carboxylic acids is 1. The number of halogens is 1. The fraction of sp³-hybridized carbons (Fsp3) is 0.462. The summed E-state index contributed by atoms with van der Waals surface area (Å²) in [5, 5.41) is 0.514. The fourth-order valence-electron chi connectivity index (χ4n) is 1.97. The molecular weight excluding hydrogens is 238 g/mol. The molecule has 0 radical (unpaired) electrons. The molecule has 4 heteroatoms. The van der Waals surface area contributed by atoms with Gasteiger partial charge in [0.1, 0.15) is 0 Å². The van der Waals surface area contributed by atoms with Gasteiger partial charge in [-0.2, -0.15) is 0 Å². The maximum atomic E-state index is 11.1. The monoisotopic (exact) mass is 253 g/mol. The molecule has 3 nitrogen and oxygen atoms in total. The van der Waals surface area contributed by atoms with E-state index in [4.69, 9.17) is 16.3 Å². The lowest BCUT2D eigenvalue weighted by Gasteiger charge is -2.26. The third-order valence-electron chi connectivity index (χ3n) is 2.98. The number of carbonyl (C=O) groups is 1. The largest absolute Gasteiger partial charge is 0.383 e. The van der Waals surface area contributed by atoms with Crippen molar-refractivity contribution in [3.63, 3.8) is 0 Å². The first-order valence-electron chi connectivity index (χ1n) is 5.77. The van der Waals surface area contributed by atoms with Gasteiger partial charge in [-0.3, -0.25) is 4.79 Å². The second kappa shape index (κ2) is 5.52. The number of rotatable bonds is 6. The average Bonchev–Trinajstić information content (AvgIpc) is 3.14. The highest BCUT2D eigenvalue weighted by Crippen LogP contribution is 2.34. The van der Waals surface area contributed by atoms with Gasteiger partial charge in [-0.1, -0.05) is 17.7 Å². The first-order valence-corrected chi connectivity index (χ1v) is 6.15. The Kier molecular flexibility index (Phi) is 4.02. The summed E-state index contributed by atoms with van der Waals surface area (Å²) in [4.78, 5) is 13.3. The van der Waals surface area contributed by atoms with Crippen LogP contribution in [0.3, 0.4) is 0 Å². The van der Waals surface area contributed by atoms with Crippen molar-refractivity contribution in [2.24, 2.45) is 0 Å².